The molecule has 2 spiro atoms. The molecule has 6 aromatic rings. The van der Waals surface area contributed by atoms with Gasteiger partial charge in [0.15, 0.2) is 5.69 Å². The standard InChI is InChI=1S/C21H20BrN5O3.C13H17N3O2.C8H5BrN2O2/c22-12-3-5-27-16(11-25-17(27)6-12)19(29)26-13-7-21(8-13)9-14(10-21)30-20-15(18(23)28)2-1-4-24-20;14-8-4-13(5-8)6-9(7-13)18-12-10(11(15)17)2-1-3-16-12;9-5-1-2-11-6(8(12)13)4-10-7(11)3-5/h1-6,11,13-14H,7-10H2,(H2,23,28)(H,26,29);1-3,8-9H,4-7,14H2,(H2,15,17);1-4H,(H,12,13). The van der Waals surface area contributed by atoms with Gasteiger partial charge in [-0.1, -0.05) is 31.9 Å². The molecule has 3 amide bonds. The van der Waals surface area contributed by atoms with E-state index in [1.54, 1.807) is 65.6 Å². The van der Waals surface area contributed by atoms with Crippen LogP contribution in [0.1, 0.15) is 93.1 Å². The second-order valence-corrected chi connectivity index (χ2v) is 18.1. The molecule has 4 aliphatic carbocycles. The summed E-state index contributed by atoms with van der Waals surface area (Å²) in [4.78, 5) is 62.6. The quantitative estimate of drug-likeness (QED) is 0.123. The number of nitrogens with one attached hydrogen (secondary N) is 1. The number of halogens is 2. The van der Waals surface area contributed by atoms with Gasteiger partial charge in [-0.3, -0.25) is 23.2 Å². The first kappa shape index (κ1) is 41.8. The third-order valence-electron chi connectivity index (χ3n) is 11.8. The number of nitrogens with zero attached hydrogens (tertiary/aromatic N) is 6. The molecule has 0 bridgehead atoms. The highest BCUT2D eigenvalue weighted by atomic mass is 79.9. The number of hydrogen-bond acceptors (Lipinski definition) is 11. The first-order valence-electron chi connectivity index (χ1n) is 19.6. The van der Waals surface area contributed by atoms with E-state index >= 15 is 0 Å². The van der Waals surface area contributed by atoms with Crippen LogP contribution in [0.4, 0.5) is 0 Å². The number of nitrogens with two attached hydrogens (primary N) is 3. The van der Waals surface area contributed by atoms with E-state index < -0.39 is 17.8 Å². The number of rotatable bonds is 9. The molecule has 0 radical (unpaired) electrons. The Morgan fingerprint density at radius 3 is 1.61 bits per heavy atom. The summed E-state index contributed by atoms with van der Waals surface area (Å²) < 4.78 is 16.7. The number of carboxylic acids is 1. The van der Waals surface area contributed by atoms with Crippen molar-refractivity contribution in [1.82, 2.24) is 34.1 Å². The maximum absolute atomic E-state index is 12.7. The van der Waals surface area contributed by atoms with Gasteiger partial charge in [0.1, 0.15) is 40.3 Å². The summed E-state index contributed by atoms with van der Waals surface area (Å²) in [6.45, 7) is 0. The highest BCUT2D eigenvalue weighted by Crippen LogP contribution is 2.57. The summed E-state index contributed by atoms with van der Waals surface area (Å²) in [5.74, 6) is -1.48. The third kappa shape index (κ3) is 8.94. The van der Waals surface area contributed by atoms with Crippen LogP contribution in [0.15, 0.2) is 94.7 Å². The molecule has 6 aromatic heterocycles. The van der Waals surface area contributed by atoms with Crippen molar-refractivity contribution in [3.63, 3.8) is 0 Å². The lowest BCUT2D eigenvalue weighted by Gasteiger charge is -2.57. The number of carboxylic acid groups (broad SMARTS) is 1. The van der Waals surface area contributed by atoms with Crippen molar-refractivity contribution in [3.05, 3.63) is 117 Å². The van der Waals surface area contributed by atoms with Gasteiger partial charge in [-0.2, -0.15) is 0 Å². The summed E-state index contributed by atoms with van der Waals surface area (Å²) in [5, 5.41) is 11.9. The van der Waals surface area contributed by atoms with Gasteiger partial charge in [0.25, 0.3) is 17.7 Å². The first-order valence-corrected chi connectivity index (χ1v) is 21.2. The fourth-order valence-electron chi connectivity index (χ4n) is 8.94. The van der Waals surface area contributed by atoms with Crippen molar-refractivity contribution in [3.8, 4) is 11.8 Å². The fourth-order valence-corrected chi connectivity index (χ4v) is 9.59. The van der Waals surface area contributed by atoms with Gasteiger partial charge in [-0.05, 0) is 111 Å². The molecule has 0 unspecified atom stereocenters. The third-order valence-corrected chi connectivity index (χ3v) is 12.7. The molecule has 8 N–H and O–H groups in total. The Bertz CT molecular complexity index is 2640. The van der Waals surface area contributed by atoms with E-state index in [0.29, 0.717) is 45.7 Å². The Morgan fingerprint density at radius 1 is 0.689 bits per heavy atom. The van der Waals surface area contributed by atoms with Crippen molar-refractivity contribution in [2.75, 3.05) is 0 Å². The van der Waals surface area contributed by atoms with Crippen LogP contribution in [0.2, 0.25) is 0 Å². The number of carbonyl (C=O) groups excluding carboxylic acids is 3. The second-order valence-electron chi connectivity index (χ2n) is 16.2. The van der Waals surface area contributed by atoms with Gasteiger partial charge in [0, 0.05) is 45.8 Å². The zero-order valence-corrected chi connectivity index (χ0v) is 35.8. The van der Waals surface area contributed by atoms with Crippen molar-refractivity contribution in [1.29, 1.82) is 0 Å². The van der Waals surface area contributed by atoms with Crippen LogP contribution in [0.25, 0.3) is 11.3 Å². The zero-order valence-electron chi connectivity index (χ0n) is 32.6. The van der Waals surface area contributed by atoms with Crippen molar-refractivity contribution in [2.24, 2.45) is 28.0 Å². The van der Waals surface area contributed by atoms with Gasteiger partial charge in [-0.15, -0.1) is 0 Å². The molecule has 17 nitrogen and oxygen atoms in total. The molecule has 6 heterocycles. The van der Waals surface area contributed by atoms with Crippen molar-refractivity contribution in [2.45, 2.75) is 75.7 Å². The lowest BCUT2D eigenvalue weighted by atomic mass is 9.53. The molecule has 0 atom stereocenters. The lowest BCUT2D eigenvalue weighted by molar-refractivity contribution is -0.0848. The number of aromatic carboxylic acids is 1. The number of amides is 3. The van der Waals surface area contributed by atoms with Crippen LogP contribution in [0, 0.1) is 10.8 Å². The molecular formula is C42H42Br2N10O7. The minimum absolute atomic E-state index is 0.0203. The average molecular weight is 959 g/mol. The number of aromatic nitrogens is 6. The van der Waals surface area contributed by atoms with E-state index in [1.807, 2.05) is 18.3 Å². The van der Waals surface area contributed by atoms with Crippen LogP contribution in [-0.4, -0.2) is 81.8 Å². The van der Waals surface area contributed by atoms with E-state index in [-0.39, 0.29) is 35.3 Å². The van der Waals surface area contributed by atoms with Gasteiger partial charge in [0.2, 0.25) is 11.8 Å². The van der Waals surface area contributed by atoms with E-state index in [0.717, 1.165) is 66.0 Å². The molecule has 4 saturated carbocycles. The number of carbonyl (C=O) groups is 4. The second kappa shape index (κ2) is 16.9. The van der Waals surface area contributed by atoms with Crippen molar-refractivity contribution >= 4 is 66.8 Å². The molecule has 61 heavy (non-hydrogen) atoms. The van der Waals surface area contributed by atoms with Gasteiger partial charge >= 0.3 is 5.97 Å². The topological polar surface area (TPSA) is 257 Å². The smallest absolute Gasteiger partial charge is 0.354 e. The number of pyridine rings is 4. The predicted molar refractivity (Wildman–Crippen MR) is 228 cm³/mol. The van der Waals surface area contributed by atoms with E-state index in [2.05, 4.69) is 57.1 Å². The lowest BCUT2D eigenvalue weighted by Crippen LogP contribution is -2.58. The van der Waals surface area contributed by atoms with Crippen LogP contribution in [0.5, 0.6) is 11.8 Å². The minimum atomic E-state index is -0.977. The zero-order chi connectivity index (χ0) is 43.1. The summed E-state index contributed by atoms with van der Waals surface area (Å²) >= 11 is 6.69. The molecule has 4 fully saturated rings. The Kier molecular flexibility index (Phi) is 11.5. The van der Waals surface area contributed by atoms with Crippen molar-refractivity contribution < 1.29 is 33.8 Å². The van der Waals surface area contributed by atoms with Gasteiger partial charge in [0.05, 0.1) is 12.4 Å². The monoisotopic (exact) mass is 956 g/mol. The Hall–Kier alpha value is -5.92. The van der Waals surface area contributed by atoms with Crippen LogP contribution in [0.3, 0.4) is 0 Å². The Morgan fingerprint density at radius 2 is 1.15 bits per heavy atom. The number of hydrogen-bond donors (Lipinski definition) is 5. The summed E-state index contributed by atoms with van der Waals surface area (Å²) in [6, 6.07) is 14.4. The highest BCUT2D eigenvalue weighted by Gasteiger charge is 2.55. The number of ether oxygens (including phenoxy) is 2. The summed E-state index contributed by atoms with van der Waals surface area (Å²) in [5.41, 5.74) is 19.8. The predicted octanol–water partition coefficient (Wildman–Crippen LogP) is 5.33. The highest BCUT2D eigenvalue weighted by molar-refractivity contribution is 9.10. The molecule has 19 heteroatoms. The molecule has 316 valence electrons. The van der Waals surface area contributed by atoms with E-state index in [1.165, 1.54) is 10.6 Å². The summed E-state index contributed by atoms with van der Waals surface area (Å²) in [6.07, 6.45) is 17.6. The maximum Gasteiger partial charge on any atom is 0.354 e. The maximum atomic E-state index is 12.7. The number of imidazole rings is 2. The minimum Gasteiger partial charge on any atom is -0.477 e. The normalized spacial score (nSPS) is 24.4. The number of fused-ring (bicyclic) bond motifs is 2. The first-order chi connectivity index (χ1) is 29.2. The molecule has 10 rings (SSSR count). The van der Waals surface area contributed by atoms with Gasteiger partial charge < -0.3 is 37.1 Å². The molecule has 0 aromatic carbocycles. The summed E-state index contributed by atoms with van der Waals surface area (Å²) in [7, 11) is 0. The van der Waals surface area contributed by atoms with Gasteiger partial charge in [-0.25, -0.2) is 24.7 Å². The van der Waals surface area contributed by atoms with E-state index in [9.17, 15) is 19.2 Å². The van der Waals surface area contributed by atoms with Crippen LogP contribution >= 0.6 is 31.9 Å². The molecule has 4 aliphatic rings. The molecule has 0 saturated heterocycles. The Balaban J connectivity index is 0.000000140. The fraction of sp³-hybridized carbons (Fsp3) is 0.333. The molecule has 0 aliphatic heterocycles. The SMILES string of the molecule is NC(=O)c1cccnc1OC1CC2(CC(N)C2)C1.NC(=O)c1cccnc1OC1CC2(CC(NC(=O)c3cnc4cc(Br)ccn34)C2)C1.O=C(O)c1cnc2cc(Br)ccn12. The molecular weight excluding hydrogens is 916 g/mol. The van der Waals surface area contributed by atoms with Crippen LogP contribution < -0.4 is 32.0 Å². The van der Waals surface area contributed by atoms with E-state index in [4.69, 9.17) is 31.8 Å². The Labute approximate surface area is 365 Å². The van der Waals surface area contributed by atoms with Crippen LogP contribution in [-0.2, 0) is 0 Å². The number of primary amides is 2. The average Bonchev–Trinajstić information content (AvgIpc) is 3.79. The largest absolute Gasteiger partial charge is 0.477 e.